The van der Waals surface area contributed by atoms with E-state index in [1.807, 2.05) is 0 Å². The van der Waals surface area contributed by atoms with Crippen molar-refractivity contribution >= 4 is 17.8 Å². The smallest absolute Gasteiger partial charge is 0.272 e. The molecule has 2 amide bonds. The van der Waals surface area contributed by atoms with E-state index in [0.29, 0.717) is 6.54 Å². The van der Waals surface area contributed by atoms with Gasteiger partial charge in [-0.05, 0) is 11.6 Å². The molecule has 0 aliphatic carbocycles. The van der Waals surface area contributed by atoms with Crippen LogP contribution in [-0.4, -0.2) is 38.6 Å². The number of tetrazole rings is 1. The van der Waals surface area contributed by atoms with Crippen molar-refractivity contribution in [1.82, 2.24) is 20.2 Å². The molecule has 98 valence electrons. The molecule has 8 heteroatoms. The number of aromatic nitrogens is 4. The van der Waals surface area contributed by atoms with Crippen molar-refractivity contribution in [3.63, 3.8) is 0 Å². The van der Waals surface area contributed by atoms with E-state index in [1.165, 1.54) is 9.70 Å². The first-order valence-electron chi connectivity index (χ1n) is 5.99. The van der Waals surface area contributed by atoms with Crippen LogP contribution in [0.5, 0.6) is 0 Å². The summed E-state index contributed by atoms with van der Waals surface area (Å²) in [4.78, 5) is 25.6. The van der Waals surface area contributed by atoms with Crippen LogP contribution >= 0.6 is 0 Å². The summed E-state index contributed by atoms with van der Waals surface area (Å²) >= 11 is 0. The molecule has 1 aliphatic heterocycles. The topological polar surface area (TPSA) is 107 Å². The van der Waals surface area contributed by atoms with E-state index in [-0.39, 0.29) is 24.8 Å². The molecular weight excluding hydrogens is 236 g/mol. The van der Waals surface area contributed by atoms with E-state index in [1.54, 1.807) is 0 Å². The molecule has 0 saturated carbocycles. The van der Waals surface area contributed by atoms with Crippen molar-refractivity contribution in [3.05, 3.63) is 0 Å². The average molecular weight is 252 g/mol. The highest BCUT2D eigenvalue weighted by atomic mass is 16.2. The van der Waals surface area contributed by atoms with E-state index in [4.69, 9.17) is 5.73 Å². The number of rotatable bonds is 5. The van der Waals surface area contributed by atoms with Gasteiger partial charge in [0.2, 0.25) is 11.8 Å². The summed E-state index contributed by atoms with van der Waals surface area (Å²) in [5, 5.41) is 11.8. The third-order valence-corrected chi connectivity index (χ3v) is 2.92. The van der Waals surface area contributed by atoms with Gasteiger partial charge in [-0.1, -0.05) is 18.4 Å². The van der Waals surface area contributed by atoms with Crippen LogP contribution in [-0.2, 0) is 16.1 Å². The van der Waals surface area contributed by atoms with Crippen molar-refractivity contribution in [2.24, 2.45) is 11.7 Å². The largest absolute Gasteiger partial charge is 0.369 e. The number of anilines is 1. The van der Waals surface area contributed by atoms with Gasteiger partial charge in [0.05, 0.1) is 12.5 Å². The Bertz CT molecular complexity index is 457. The standard InChI is InChI=1S/C10H16N6O2/c1-2-3-4-16-13-10(12-14-16)15-6-7(9(11)18)5-8(15)17/h7H,2-6H2,1H3,(H2,11,18)/t7-/m0/s1. The first-order chi connectivity index (χ1) is 8.61. The van der Waals surface area contributed by atoms with Gasteiger partial charge in [0.25, 0.3) is 5.95 Å². The van der Waals surface area contributed by atoms with Gasteiger partial charge in [-0.25, -0.2) is 0 Å². The molecule has 18 heavy (non-hydrogen) atoms. The lowest BCUT2D eigenvalue weighted by atomic mass is 10.1. The highest BCUT2D eigenvalue weighted by molar-refractivity contribution is 5.98. The molecule has 2 heterocycles. The Morgan fingerprint density at radius 3 is 2.94 bits per heavy atom. The Morgan fingerprint density at radius 1 is 1.56 bits per heavy atom. The van der Waals surface area contributed by atoms with E-state index >= 15 is 0 Å². The highest BCUT2D eigenvalue weighted by Gasteiger charge is 2.36. The van der Waals surface area contributed by atoms with Gasteiger partial charge in [0.1, 0.15) is 0 Å². The molecule has 0 radical (unpaired) electrons. The van der Waals surface area contributed by atoms with Gasteiger partial charge in [0.15, 0.2) is 0 Å². The molecule has 1 saturated heterocycles. The van der Waals surface area contributed by atoms with Crippen LogP contribution in [0.15, 0.2) is 0 Å². The second kappa shape index (κ2) is 5.11. The van der Waals surface area contributed by atoms with Crippen LogP contribution in [0.1, 0.15) is 26.2 Å². The van der Waals surface area contributed by atoms with Crippen molar-refractivity contribution in [2.45, 2.75) is 32.7 Å². The summed E-state index contributed by atoms with van der Waals surface area (Å²) in [5.74, 6) is -0.863. The first kappa shape index (κ1) is 12.5. The lowest BCUT2D eigenvalue weighted by Crippen LogP contribution is -2.29. The molecule has 1 aliphatic rings. The maximum absolute atomic E-state index is 11.7. The summed E-state index contributed by atoms with van der Waals surface area (Å²) < 4.78 is 0. The third kappa shape index (κ3) is 2.47. The molecule has 1 aromatic rings. The molecule has 1 atom stereocenters. The van der Waals surface area contributed by atoms with E-state index in [9.17, 15) is 9.59 Å². The van der Waals surface area contributed by atoms with Crippen LogP contribution in [0.25, 0.3) is 0 Å². The van der Waals surface area contributed by atoms with Crippen LogP contribution in [0.3, 0.4) is 0 Å². The van der Waals surface area contributed by atoms with Crippen LogP contribution < -0.4 is 10.6 Å². The highest BCUT2D eigenvalue weighted by Crippen LogP contribution is 2.21. The average Bonchev–Trinajstić information content (AvgIpc) is 2.92. The van der Waals surface area contributed by atoms with E-state index in [0.717, 1.165) is 12.8 Å². The summed E-state index contributed by atoms with van der Waals surface area (Å²) in [7, 11) is 0. The second-order valence-corrected chi connectivity index (χ2v) is 4.35. The molecule has 0 aromatic carbocycles. The monoisotopic (exact) mass is 252 g/mol. The molecule has 1 fully saturated rings. The number of aryl methyl sites for hydroxylation is 1. The normalized spacial score (nSPS) is 19.5. The predicted molar refractivity (Wildman–Crippen MR) is 62.4 cm³/mol. The lowest BCUT2D eigenvalue weighted by Gasteiger charge is -2.09. The number of amides is 2. The van der Waals surface area contributed by atoms with Gasteiger partial charge < -0.3 is 5.73 Å². The molecule has 0 unspecified atom stereocenters. The fraction of sp³-hybridized carbons (Fsp3) is 0.700. The lowest BCUT2D eigenvalue weighted by molar-refractivity contribution is -0.123. The van der Waals surface area contributed by atoms with Gasteiger partial charge in [-0.3, -0.25) is 14.5 Å². The molecule has 1 aromatic heterocycles. The quantitative estimate of drug-likeness (QED) is 0.746. The molecule has 2 N–H and O–H groups in total. The summed E-state index contributed by atoms with van der Waals surface area (Å²) in [6.07, 6.45) is 2.11. The van der Waals surface area contributed by atoms with Crippen LogP contribution in [0, 0.1) is 5.92 Å². The predicted octanol–water partition coefficient (Wildman–Crippen LogP) is -0.689. The fourth-order valence-corrected chi connectivity index (χ4v) is 1.83. The Morgan fingerprint density at radius 2 is 2.33 bits per heavy atom. The summed E-state index contributed by atoms with van der Waals surface area (Å²) in [5.41, 5.74) is 5.19. The minimum absolute atomic E-state index is 0.124. The van der Waals surface area contributed by atoms with Crippen LogP contribution in [0.4, 0.5) is 5.95 Å². The third-order valence-electron chi connectivity index (χ3n) is 2.92. The maximum Gasteiger partial charge on any atom is 0.272 e. The SMILES string of the molecule is CCCCn1nnc(N2C[C@@H](C(N)=O)CC2=O)n1. The Hall–Kier alpha value is -1.99. The van der Waals surface area contributed by atoms with E-state index in [2.05, 4.69) is 22.3 Å². The number of carbonyl (C=O) groups is 2. The van der Waals surface area contributed by atoms with Crippen molar-refractivity contribution in [2.75, 3.05) is 11.4 Å². The van der Waals surface area contributed by atoms with Crippen LogP contribution in [0.2, 0.25) is 0 Å². The molecule has 0 bridgehead atoms. The van der Waals surface area contributed by atoms with Crippen molar-refractivity contribution in [1.29, 1.82) is 0 Å². The molecular formula is C10H16N6O2. The fourth-order valence-electron chi connectivity index (χ4n) is 1.83. The number of nitrogens with two attached hydrogens (primary N) is 1. The number of hydrogen-bond donors (Lipinski definition) is 1. The number of primary amides is 1. The second-order valence-electron chi connectivity index (χ2n) is 4.35. The zero-order valence-corrected chi connectivity index (χ0v) is 10.2. The molecule has 2 rings (SSSR count). The Kier molecular flexibility index (Phi) is 3.54. The Labute approximate surface area is 104 Å². The van der Waals surface area contributed by atoms with Gasteiger partial charge in [0, 0.05) is 13.0 Å². The number of unbranched alkanes of at least 4 members (excludes halogenated alkanes) is 1. The van der Waals surface area contributed by atoms with Gasteiger partial charge in [-0.2, -0.15) is 4.80 Å². The van der Waals surface area contributed by atoms with Crippen molar-refractivity contribution < 1.29 is 9.59 Å². The van der Waals surface area contributed by atoms with E-state index < -0.39 is 11.8 Å². The molecule has 0 spiro atoms. The minimum atomic E-state index is -0.468. The maximum atomic E-state index is 11.7. The summed E-state index contributed by atoms with van der Waals surface area (Å²) in [6.45, 7) is 2.98. The number of nitrogens with zero attached hydrogens (tertiary/aromatic N) is 5. The van der Waals surface area contributed by atoms with Crippen molar-refractivity contribution in [3.8, 4) is 0 Å². The number of carbonyl (C=O) groups excluding carboxylic acids is 2. The summed E-state index contributed by atoms with van der Waals surface area (Å²) in [6, 6.07) is 0. The Balaban J connectivity index is 2.05. The zero-order chi connectivity index (χ0) is 13.1. The zero-order valence-electron chi connectivity index (χ0n) is 10.2. The van der Waals surface area contributed by atoms with Gasteiger partial charge in [-0.15, -0.1) is 5.10 Å². The first-order valence-corrected chi connectivity index (χ1v) is 5.99. The minimum Gasteiger partial charge on any atom is -0.369 e. The number of hydrogen-bond acceptors (Lipinski definition) is 5. The van der Waals surface area contributed by atoms with Gasteiger partial charge >= 0.3 is 0 Å². The molecule has 8 nitrogen and oxygen atoms in total.